The SMILES string of the molecule is COCCOc1ccc(-c2nc(N3CCC(F)(C(=O)NC4(C)CCN5CCC4CC5)CC3)ncc2F)cc1. The van der Waals surface area contributed by atoms with Crippen LogP contribution < -0.4 is 15.0 Å². The molecule has 4 aliphatic heterocycles. The standard InChI is InChI=1S/C28H37F2N5O3/c1-27(9-14-34-12-7-21(27)8-13-34)33-25(36)28(30)10-15-35(16-11-28)26-31-19-23(29)24(32-26)20-3-5-22(6-4-20)38-18-17-37-2/h3-6,19,21H,7-18H2,1-2H3,(H,33,36). The van der Waals surface area contributed by atoms with E-state index in [0.29, 0.717) is 36.4 Å². The van der Waals surface area contributed by atoms with Crippen molar-refractivity contribution in [3.8, 4) is 17.0 Å². The van der Waals surface area contributed by atoms with E-state index in [1.54, 1.807) is 31.4 Å². The van der Waals surface area contributed by atoms with E-state index < -0.39 is 17.4 Å². The van der Waals surface area contributed by atoms with Gasteiger partial charge in [-0.25, -0.2) is 18.7 Å². The van der Waals surface area contributed by atoms with E-state index in [0.717, 1.165) is 45.1 Å². The molecular formula is C28H37F2N5O3. The number of alkyl halides is 1. The molecule has 0 radical (unpaired) electrons. The molecule has 2 aromatic rings. The Morgan fingerprint density at radius 3 is 2.47 bits per heavy atom. The van der Waals surface area contributed by atoms with Crippen LogP contribution in [0.25, 0.3) is 11.3 Å². The number of nitrogens with zero attached hydrogens (tertiary/aromatic N) is 4. The maximum absolute atomic E-state index is 15.9. The summed E-state index contributed by atoms with van der Waals surface area (Å²) in [5, 5.41) is 3.13. The van der Waals surface area contributed by atoms with Crippen LogP contribution in [0.3, 0.4) is 0 Å². The highest BCUT2D eigenvalue weighted by Gasteiger charge is 2.47. The average molecular weight is 530 g/mol. The van der Waals surface area contributed by atoms with Crippen LogP contribution in [0.5, 0.6) is 5.75 Å². The maximum atomic E-state index is 15.9. The number of carbonyl (C=O) groups is 1. The number of halogens is 2. The van der Waals surface area contributed by atoms with Crippen molar-refractivity contribution >= 4 is 11.9 Å². The summed E-state index contributed by atoms with van der Waals surface area (Å²) in [6.45, 7) is 6.56. The molecule has 4 aliphatic rings. The van der Waals surface area contributed by atoms with E-state index in [1.165, 1.54) is 0 Å². The van der Waals surface area contributed by atoms with Crippen LogP contribution in [0, 0.1) is 11.7 Å². The number of aromatic nitrogens is 2. The van der Waals surface area contributed by atoms with Crippen LogP contribution in [0.2, 0.25) is 0 Å². The molecular weight excluding hydrogens is 492 g/mol. The number of ether oxygens (including phenoxy) is 2. The van der Waals surface area contributed by atoms with Crippen LogP contribution in [-0.4, -0.2) is 85.0 Å². The van der Waals surface area contributed by atoms with E-state index in [4.69, 9.17) is 9.47 Å². The Hall–Kier alpha value is -2.85. The van der Waals surface area contributed by atoms with Crippen molar-refractivity contribution in [2.24, 2.45) is 5.92 Å². The molecule has 4 saturated heterocycles. The van der Waals surface area contributed by atoms with Gasteiger partial charge in [-0.3, -0.25) is 4.79 Å². The summed E-state index contributed by atoms with van der Waals surface area (Å²) in [7, 11) is 1.60. The Labute approximate surface area is 222 Å². The Morgan fingerprint density at radius 2 is 1.79 bits per heavy atom. The van der Waals surface area contributed by atoms with Crippen molar-refractivity contribution in [2.75, 3.05) is 57.9 Å². The van der Waals surface area contributed by atoms with Crippen LogP contribution >= 0.6 is 0 Å². The van der Waals surface area contributed by atoms with Gasteiger partial charge in [0.1, 0.15) is 18.1 Å². The number of hydrogen-bond donors (Lipinski definition) is 1. The van der Waals surface area contributed by atoms with Crippen molar-refractivity contribution in [1.82, 2.24) is 20.2 Å². The highest BCUT2D eigenvalue weighted by Crippen LogP contribution is 2.37. The number of methoxy groups -OCH3 is 1. The zero-order chi connectivity index (χ0) is 26.8. The topological polar surface area (TPSA) is 79.8 Å². The zero-order valence-corrected chi connectivity index (χ0v) is 22.2. The molecule has 1 aromatic heterocycles. The van der Waals surface area contributed by atoms with Gasteiger partial charge < -0.3 is 24.6 Å². The van der Waals surface area contributed by atoms with Crippen molar-refractivity contribution in [1.29, 1.82) is 0 Å². The van der Waals surface area contributed by atoms with E-state index in [1.807, 2.05) is 4.90 Å². The molecule has 206 valence electrons. The quantitative estimate of drug-likeness (QED) is 0.524. The molecule has 1 N–H and O–H groups in total. The second-order valence-electron chi connectivity index (χ2n) is 10.9. The molecule has 8 nitrogen and oxygen atoms in total. The smallest absolute Gasteiger partial charge is 0.258 e. The molecule has 1 aromatic carbocycles. The second-order valence-corrected chi connectivity index (χ2v) is 10.9. The van der Waals surface area contributed by atoms with Crippen molar-refractivity contribution in [2.45, 2.75) is 50.2 Å². The van der Waals surface area contributed by atoms with Crippen molar-refractivity contribution < 1.29 is 23.0 Å². The lowest BCUT2D eigenvalue weighted by Crippen LogP contribution is -2.59. The predicted molar refractivity (Wildman–Crippen MR) is 140 cm³/mol. The molecule has 0 aliphatic carbocycles. The fourth-order valence-corrected chi connectivity index (χ4v) is 5.88. The summed E-state index contributed by atoms with van der Waals surface area (Å²) in [6.07, 6.45) is 4.14. The van der Waals surface area contributed by atoms with Gasteiger partial charge in [0.15, 0.2) is 11.5 Å². The number of nitrogens with one attached hydrogen (secondary N) is 1. The number of hydrogen-bond acceptors (Lipinski definition) is 7. The first-order chi connectivity index (χ1) is 18.3. The second kappa shape index (κ2) is 11.1. The van der Waals surface area contributed by atoms with E-state index >= 15 is 4.39 Å². The molecule has 1 amide bonds. The third-order valence-corrected chi connectivity index (χ3v) is 8.50. The normalized spacial score (nSPS) is 26.6. The average Bonchev–Trinajstić information content (AvgIpc) is 3.18. The minimum atomic E-state index is -1.94. The number of benzene rings is 1. The number of anilines is 1. The van der Waals surface area contributed by atoms with Gasteiger partial charge >= 0.3 is 0 Å². The zero-order valence-electron chi connectivity index (χ0n) is 22.2. The van der Waals surface area contributed by atoms with Crippen LogP contribution in [-0.2, 0) is 9.53 Å². The fourth-order valence-electron chi connectivity index (χ4n) is 5.88. The van der Waals surface area contributed by atoms with Crippen molar-refractivity contribution in [3.63, 3.8) is 0 Å². The molecule has 4 fully saturated rings. The molecule has 2 bridgehead atoms. The molecule has 1 unspecified atom stereocenters. The van der Waals surface area contributed by atoms with Crippen LogP contribution in [0.15, 0.2) is 30.5 Å². The van der Waals surface area contributed by atoms with E-state index in [-0.39, 0.29) is 37.2 Å². The Kier molecular flexibility index (Phi) is 7.81. The number of rotatable bonds is 8. The summed E-state index contributed by atoms with van der Waals surface area (Å²) in [5.41, 5.74) is -1.56. The van der Waals surface area contributed by atoms with Crippen LogP contribution in [0.1, 0.15) is 39.0 Å². The lowest BCUT2D eigenvalue weighted by molar-refractivity contribution is -0.137. The maximum Gasteiger partial charge on any atom is 0.258 e. The minimum Gasteiger partial charge on any atom is -0.491 e. The molecule has 10 heteroatoms. The Balaban J connectivity index is 1.22. The molecule has 0 spiro atoms. The van der Waals surface area contributed by atoms with Gasteiger partial charge in [0.25, 0.3) is 5.91 Å². The lowest BCUT2D eigenvalue weighted by atomic mass is 9.78. The summed E-state index contributed by atoms with van der Waals surface area (Å²) >= 11 is 0. The fraction of sp³-hybridized carbons (Fsp3) is 0.607. The summed E-state index contributed by atoms with van der Waals surface area (Å²) in [6, 6.07) is 6.98. The molecule has 6 rings (SSSR count). The third-order valence-electron chi connectivity index (χ3n) is 8.50. The summed E-state index contributed by atoms with van der Waals surface area (Å²) < 4.78 is 41.1. The Bertz CT molecular complexity index is 1120. The third kappa shape index (κ3) is 5.61. The summed E-state index contributed by atoms with van der Waals surface area (Å²) in [5.74, 6) is 0.308. The number of piperidine rings is 2. The summed E-state index contributed by atoms with van der Waals surface area (Å²) in [4.78, 5) is 26.1. The van der Waals surface area contributed by atoms with Gasteiger partial charge in [0.05, 0.1) is 12.8 Å². The highest BCUT2D eigenvalue weighted by molar-refractivity contribution is 5.86. The number of amides is 1. The van der Waals surface area contributed by atoms with Gasteiger partial charge in [0.2, 0.25) is 5.95 Å². The van der Waals surface area contributed by atoms with Crippen LogP contribution in [0.4, 0.5) is 14.7 Å². The first-order valence-electron chi connectivity index (χ1n) is 13.5. The van der Waals surface area contributed by atoms with Gasteiger partial charge in [-0.15, -0.1) is 0 Å². The molecule has 38 heavy (non-hydrogen) atoms. The minimum absolute atomic E-state index is 0.0370. The molecule has 0 saturated carbocycles. The highest BCUT2D eigenvalue weighted by atomic mass is 19.1. The Morgan fingerprint density at radius 1 is 1.08 bits per heavy atom. The largest absolute Gasteiger partial charge is 0.491 e. The van der Waals surface area contributed by atoms with E-state index in [2.05, 4.69) is 27.1 Å². The molecule has 1 atom stereocenters. The first-order valence-corrected chi connectivity index (χ1v) is 13.5. The number of carbonyl (C=O) groups excluding carboxylic acids is 1. The lowest BCUT2D eigenvalue weighted by Gasteiger charge is -2.41. The van der Waals surface area contributed by atoms with Crippen molar-refractivity contribution in [3.05, 3.63) is 36.3 Å². The van der Waals surface area contributed by atoms with Gasteiger partial charge in [-0.1, -0.05) is 0 Å². The monoisotopic (exact) mass is 529 g/mol. The van der Waals surface area contributed by atoms with Gasteiger partial charge in [-0.05, 0) is 69.5 Å². The first kappa shape index (κ1) is 26.7. The molecule has 5 heterocycles. The predicted octanol–water partition coefficient (Wildman–Crippen LogP) is 3.61. The van der Waals surface area contributed by atoms with Gasteiger partial charge in [0, 0.05) is 50.7 Å². The van der Waals surface area contributed by atoms with Gasteiger partial charge in [-0.2, -0.15) is 0 Å². The van der Waals surface area contributed by atoms with E-state index in [9.17, 15) is 9.18 Å². The number of fused-ring (bicyclic) bond motifs is 4.